The first-order valence-electron chi connectivity index (χ1n) is 5.93. The monoisotopic (exact) mass is 284 g/mol. The number of nitriles is 1. The Morgan fingerprint density at radius 3 is 2.95 bits per heavy atom. The minimum Gasteiger partial charge on any atom is -0.483 e. The summed E-state index contributed by atoms with van der Waals surface area (Å²) < 4.78 is 11.2. The maximum Gasteiger partial charge on any atom is 0.246 e. The van der Waals surface area contributed by atoms with E-state index in [-0.39, 0.29) is 5.76 Å². The Hall–Kier alpha value is -2.51. The van der Waals surface area contributed by atoms with Crippen LogP contribution in [0.3, 0.4) is 0 Å². The molecule has 0 aliphatic rings. The van der Waals surface area contributed by atoms with Gasteiger partial charge < -0.3 is 9.15 Å². The van der Waals surface area contributed by atoms with Crippen molar-refractivity contribution in [3.8, 4) is 11.8 Å². The molecule has 1 aromatic carbocycles. The first kappa shape index (κ1) is 12.5. The van der Waals surface area contributed by atoms with Crippen LogP contribution in [0.25, 0.3) is 11.0 Å². The standard InChI is InChI=1S/C15H9ClN2O2/c16-14-7-10(5-6-18-14)9-19-15-11-3-1-2-4-12(11)20-13(15)8-17/h1-7H,9H2. The molecule has 0 aliphatic carbocycles. The number of rotatable bonds is 3. The Kier molecular flexibility index (Phi) is 3.28. The molecule has 0 radical (unpaired) electrons. The van der Waals surface area contributed by atoms with Gasteiger partial charge in [0.2, 0.25) is 5.76 Å². The first-order valence-corrected chi connectivity index (χ1v) is 6.30. The highest BCUT2D eigenvalue weighted by Gasteiger charge is 2.15. The molecule has 20 heavy (non-hydrogen) atoms. The van der Waals surface area contributed by atoms with E-state index in [4.69, 9.17) is 26.0 Å². The molecule has 0 fully saturated rings. The van der Waals surface area contributed by atoms with E-state index in [1.54, 1.807) is 24.4 Å². The van der Waals surface area contributed by atoms with E-state index in [1.807, 2.05) is 24.3 Å². The van der Waals surface area contributed by atoms with Gasteiger partial charge in [-0.25, -0.2) is 4.98 Å². The minimum atomic E-state index is 0.173. The highest BCUT2D eigenvalue weighted by Crippen LogP contribution is 2.33. The normalized spacial score (nSPS) is 10.4. The number of para-hydroxylation sites is 1. The molecule has 5 heteroatoms. The Balaban J connectivity index is 1.93. The van der Waals surface area contributed by atoms with Gasteiger partial charge in [0.1, 0.15) is 23.4 Å². The zero-order valence-corrected chi connectivity index (χ0v) is 11.1. The van der Waals surface area contributed by atoms with Crippen LogP contribution in [0.4, 0.5) is 0 Å². The van der Waals surface area contributed by atoms with Gasteiger partial charge in [0.15, 0.2) is 5.75 Å². The number of halogens is 1. The molecule has 2 aromatic heterocycles. The van der Waals surface area contributed by atoms with Crippen molar-refractivity contribution in [3.63, 3.8) is 0 Å². The van der Waals surface area contributed by atoms with Crippen LogP contribution < -0.4 is 4.74 Å². The number of benzene rings is 1. The van der Waals surface area contributed by atoms with Crippen molar-refractivity contribution in [2.45, 2.75) is 6.61 Å². The average molecular weight is 285 g/mol. The number of hydrogen-bond acceptors (Lipinski definition) is 4. The highest BCUT2D eigenvalue weighted by molar-refractivity contribution is 6.29. The number of aromatic nitrogens is 1. The summed E-state index contributed by atoms with van der Waals surface area (Å²) in [4.78, 5) is 3.91. The molecule has 3 aromatic rings. The summed E-state index contributed by atoms with van der Waals surface area (Å²) in [7, 11) is 0. The summed E-state index contributed by atoms with van der Waals surface area (Å²) >= 11 is 5.82. The Morgan fingerprint density at radius 2 is 2.15 bits per heavy atom. The lowest BCUT2D eigenvalue weighted by Crippen LogP contribution is -1.96. The lowest BCUT2D eigenvalue weighted by Gasteiger charge is -2.04. The van der Waals surface area contributed by atoms with Crippen molar-refractivity contribution in [2.24, 2.45) is 0 Å². The van der Waals surface area contributed by atoms with E-state index >= 15 is 0 Å². The van der Waals surface area contributed by atoms with E-state index in [1.165, 1.54) is 0 Å². The van der Waals surface area contributed by atoms with Crippen LogP contribution >= 0.6 is 11.6 Å². The number of pyridine rings is 1. The smallest absolute Gasteiger partial charge is 0.246 e. The summed E-state index contributed by atoms with van der Waals surface area (Å²) in [5, 5.41) is 10.3. The van der Waals surface area contributed by atoms with Gasteiger partial charge in [-0.2, -0.15) is 5.26 Å². The molecular formula is C15H9ClN2O2. The third-order valence-electron chi connectivity index (χ3n) is 2.83. The summed E-state index contributed by atoms with van der Waals surface area (Å²) in [6, 6.07) is 12.9. The van der Waals surface area contributed by atoms with Crippen LogP contribution in [0, 0.1) is 11.3 Å². The molecule has 0 N–H and O–H groups in total. The summed E-state index contributed by atoms with van der Waals surface area (Å²) in [5.41, 5.74) is 1.51. The molecule has 0 atom stereocenters. The number of nitrogens with zero attached hydrogens (tertiary/aromatic N) is 2. The van der Waals surface area contributed by atoms with Crippen LogP contribution in [0.5, 0.6) is 5.75 Å². The van der Waals surface area contributed by atoms with E-state index in [0.29, 0.717) is 23.1 Å². The Bertz CT molecular complexity index is 805. The number of fused-ring (bicyclic) bond motifs is 1. The highest BCUT2D eigenvalue weighted by atomic mass is 35.5. The molecule has 0 spiro atoms. The van der Waals surface area contributed by atoms with Gasteiger partial charge >= 0.3 is 0 Å². The maximum atomic E-state index is 9.11. The molecule has 0 unspecified atom stereocenters. The van der Waals surface area contributed by atoms with Crippen LogP contribution in [0.1, 0.15) is 11.3 Å². The fraction of sp³-hybridized carbons (Fsp3) is 0.0667. The third-order valence-corrected chi connectivity index (χ3v) is 3.03. The molecule has 4 nitrogen and oxygen atoms in total. The molecule has 3 rings (SSSR count). The van der Waals surface area contributed by atoms with E-state index in [2.05, 4.69) is 4.98 Å². The second-order valence-electron chi connectivity index (χ2n) is 4.14. The molecule has 2 heterocycles. The second-order valence-corrected chi connectivity index (χ2v) is 4.53. The van der Waals surface area contributed by atoms with Crippen LogP contribution in [-0.2, 0) is 6.61 Å². The third kappa shape index (κ3) is 2.31. The minimum absolute atomic E-state index is 0.173. The van der Waals surface area contributed by atoms with Gasteiger partial charge in [0.25, 0.3) is 0 Å². The van der Waals surface area contributed by atoms with E-state index in [0.717, 1.165) is 10.9 Å². The summed E-state index contributed by atoms with van der Waals surface area (Å²) in [5.74, 6) is 0.627. The topological polar surface area (TPSA) is 59.0 Å². The summed E-state index contributed by atoms with van der Waals surface area (Å²) in [6.45, 7) is 0.292. The molecule has 0 saturated carbocycles. The molecule has 98 valence electrons. The second kappa shape index (κ2) is 5.24. The number of ether oxygens (including phenoxy) is 1. The van der Waals surface area contributed by atoms with Gasteiger partial charge in [0.05, 0.1) is 5.39 Å². The van der Waals surface area contributed by atoms with Crippen LogP contribution in [0.2, 0.25) is 5.15 Å². The maximum absolute atomic E-state index is 9.11. The van der Waals surface area contributed by atoms with Crippen molar-refractivity contribution < 1.29 is 9.15 Å². The van der Waals surface area contributed by atoms with Crippen molar-refractivity contribution >= 4 is 22.6 Å². The average Bonchev–Trinajstić information content (AvgIpc) is 2.83. The van der Waals surface area contributed by atoms with Gasteiger partial charge in [-0.3, -0.25) is 0 Å². The van der Waals surface area contributed by atoms with Crippen molar-refractivity contribution in [3.05, 3.63) is 59.1 Å². The summed E-state index contributed by atoms with van der Waals surface area (Å²) in [6.07, 6.45) is 1.61. The molecular weight excluding hydrogens is 276 g/mol. The van der Waals surface area contributed by atoms with Crippen molar-refractivity contribution in [2.75, 3.05) is 0 Å². The number of furan rings is 1. The Morgan fingerprint density at radius 1 is 1.30 bits per heavy atom. The van der Waals surface area contributed by atoms with Crippen molar-refractivity contribution in [1.82, 2.24) is 4.98 Å². The predicted molar refractivity (Wildman–Crippen MR) is 74.5 cm³/mol. The number of hydrogen-bond donors (Lipinski definition) is 0. The largest absolute Gasteiger partial charge is 0.483 e. The molecule has 0 saturated heterocycles. The zero-order chi connectivity index (χ0) is 13.9. The lowest BCUT2D eigenvalue weighted by molar-refractivity contribution is 0.303. The quantitative estimate of drug-likeness (QED) is 0.684. The van der Waals surface area contributed by atoms with E-state index < -0.39 is 0 Å². The van der Waals surface area contributed by atoms with Gasteiger partial charge in [-0.05, 0) is 29.8 Å². The first-order chi connectivity index (χ1) is 9.78. The van der Waals surface area contributed by atoms with E-state index in [9.17, 15) is 0 Å². The Labute approximate surface area is 120 Å². The van der Waals surface area contributed by atoms with Crippen LogP contribution in [-0.4, -0.2) is 4.98 Å². The zero-order valence-electron chi connectivity index (χ0n) is 10.3. The lowest BCUT2D eigenvalue weighted by atomic mass is 10.2. The molecule has 0 bridgehead atoms. The van der Waals surface area contributed by atoms with Crippen molar-refractivity contribution in [1.29, 1.82) is 5.26 Å². The molecule has 0 amide bonds. The van der Waals surface area contributed by atoms with Crippen LogP contribution in [0.15, 0.2) is 47.0 Å². The fourth-order valence-corrected chi connectivity index (χ4v) is 2.12. The molecule has 0 aliphatic heterocycles. The predicted octanol–water partition coefficient (Wildman–Crippen LogP) is 3.93. The van der Waals surface area contributed by atoms with Gasteiger partial charge in [-0.1, -0.05) is 23.7 Å². The van der Waals surface area contributed by atoms with Gasteiger partial charge in [0, 0.05) is 6.20 Å². The SMILES string of the molecule is N#Cc1oc2ccccc2c1OCc1ccnc(Cl)c1. The fourth-order valence-electron chi connectivity index (χ4n) is 1.93. The van der Waals surface area contributed by atoms with Gasteiger partial charge in [-0.15, -0.1) is 0 Å².